The van der Waals surface area contributed by atoms with Crippen LogP contribution in [-0.4, -0.2) is 36.2 Å². The van der Waals surface area contributed by atoms with Crippen LogP contribution < -0.4 is 0 Å². The molecular weight excluding hydrogens is 194 g/mol. The molecule has 0 aromatic heterocycles. The molecule has 0 aliphatic rings. The molecule has 2 nitrogen and oxygen atoms in total. The van der Waals surface area contributed by atoms with Gasteiger partial charge in [0.15, 0.2) is 8.32 Å². The third-order valence-electron chi connectivity index (χ3n) is 3.08. The predicted octanol–water partition coefficient (Wildman–Crippen LogP) is 2.42. The van der Waals surface area contributed by atoms with Gasteiger partial charge in [0.25, 0.3) is 0 Å². The van der Waals surface area contributed by atoms with E-state index in [2.05, 4.69) is 46.0 Å². The maximum Gasteiger partial charge on any atom is 0.240 e. The maximum absolute atomic E-state index is 6.35. The average Bonchev–Trinajstić information content (AvgIpc) is 2.14. The van der Waals surface area contributed by atoms with Crippen LogP contribution in [-0.2, 0) is 4.12 Å². The lowest BCUT2D eigenvalue weighted by atomic mass is 10.9. The lowest BCUT2D eigenvalue weighted by Gasteiger charge is -2.33. The number of nitrogens with zero attached hydrogens (tertiary/aromatic N) is 1. The van der Waals surface area contributed by atoms with Crippen molar-refractivity contribution in [3.05, 3.63) is 0 Å². The highest BCUT2D eigenvalue weighted by Crippen LogP contribution is 2.22. The van der Waals surface area contributed by atoms with Gasteiger partial charge in [-0.15, -0.1) is 0 Å². The van der Waals surface area contributed by atoms with Gasteiger partial charge in [-0.25, -0.2) is 0 Å². The second-order valence-electron chi connectivity index (χ2n) is 3.92. The van der Waals surface area contributed by atoms with Crippen molar-refractivity contribution in [2.75, 3.05) is 14.1 Å². The summed E-state index contributed by atoms with van der Waals surface area (Å²) in [4.78, 5) is 0. The zero-order valence-corrected chi connectivity index (χ0v) is 12.2. The normalized spacial score (nSPS) is 15.0. The number of hydrogen-bond donors (Lipinski definition) is 0. The van der Waals surface area contributed by atoms with E-state index in [1.807, 2.05) is 0 Å². The molecule has 0 heterocycles. The van der Waals surface area contributed by atoms with Crippen molar-refractivity contribution in [3.63, 3.8) is 0 Å². The van der Waals surface area contributed by atoms with Crippen molar-refractivity contribution < 1.29 is 4.12 Å². The highest BCUT2D eigenvalue weighted by Gasteiger charge is 2.31. The second kappa shape index (κ2) is 5.95. The standard InChI is InChI=1S/C9H25NOSi2/c1-7-13(8-2,9-3)11-12(6)10(4)5/h12H,7-9H2,1-6H3. The van der Waals surface area contributed by atoms with Crippen LogP contribution in [0.25, 0.3) is 0 Å². The van der Waals surface area contributed by atoms with Crippen LogP contribution >= 0.6 is 0 Å². The third kappa shape index (κ3) is 3.93. The Kier molecular flexibility index (Phi) is 6.12. The molecule has 0 saturated heterocycles. The number of hydrogen-bond acceptors (Lipinski definition) is 2. The summed E-state index contributed by atoms with van der Waals surface area (Å²) in [5, 5.41) is 0. The SMILES string of the molecule is CC[Si](CC)(CC)O[SiH](C)N(C)C. The van der Waals surface area contributed by atoms with E-state index in [0.717, 1.165) is 0 Å². The molecule has 0 saturated carbocycles. The Balaban J connectivity index is 4.24. The molecule has 0 bridgehead atoms. The molecule has 0 aromatic carbocycles. The van der Waals surface area contributed by atoms with E-state index < -0.39 is 17.5 Å². The van der Waals surface area contributed by atoms with Gasteiger partial charge in [-0.05, 0) is 38.8 Å². The van der Waals surface area contributed by atoms with Crippen LogP contribution in [0.4, 0.5) is 0 Å². The first-order chi connectivity index (χ1) is 6.01. The molecule has 0 rings (SSSR count). The molecule has 0 fully saturated rings. The zero-order valence-electron chi connectivity index (χ0n) is 10.1. The summed E-state index contributed by atoms with van der Waals surface area (Å²) >= 11 is 0. The van der Waals surface area contributed by atoms with Crippen molar-refractivity contribution in [1.82, 2.24) is 4.57 Å². The van der Waals surface area contributed by atoms with Crippen molar-refractivity contribution in [3.8, 4) is 0 Å². The Morgan fingerprint density at radius 2 is 1.46 bits per heavy atom. The molecule has 0 aliphatic carbocycles. The molecule has 0 aliphatic heterocycles. The summed E-state index contributed by atoms with van der Waals surface area (Å²) in [7, 11) is 1.89. The van der Waals surface area contributed by atoms with E-state index in [9.17, 15) is 0 Å². The van der Waals surface area contributed by atoms with Gasteiger partial charge in [-0.2, -0.15) is 0 Å². The van der Waals surface area contributed by atoms with Gasteiger partial charge in [0.2, 0.25) is 9.20 Å². The Morgan fingerprint density at radius 1 is 1.08 bits per heavy atom. The first-order valence-corrected chi connectivity index (χ1v) is 10.0. The molecule has 0 radical (unpaired) electrons. The van der Waals surface area contributed by atoms with Crippen LogP contribution in [0.2, 0.25) is 24.7 Å². The molecule has 1 atom stereocenters. The highest BCUT2D eigenvalue weighted by molar-refractivity contribution is 6.79. The monoisotopic (exact) mass is 219 g/mol. The zero-order chi connectivity index (χ0) is 10.5. The van der Waals surface area contributed by atoms with E-state index in [1.165, 1.54) is 18.1 Å². The Morgan fingerprint density at radius 3 is 1.69 bits per heavy atom. The molecule has 1 unspecified atom stereocenters. The first-order valence-electron chi connectivity index (χ1n) is 5.35. The highest BCUT2D eigenvalue weighted by atomic mass is 28.4. The lowest BCUT2D eigenvalue weighted by Crippen LogP contribution is -2.46. The fraction of sp³-hybridized carbons (Fsp3) is 1.00. The predicted molar refractivity (Wildman–Crippen MR) is 65.0 cm³/mol. The summed E-state index contributed by atoms with van der Waals surface area (Å²) in [6, 6.07) is 3.81. The van der Waals surface area contributed by atoms with Gasteiger partial charge < -0.3 is 8.68 Å². The summed E-state index contributed by atoms with van der Waals surface area (Å²) in [6.45, 7) is 9.14. The van der Waals surface area contributed by atoms with E-state index >= 15 is 0 Å². The van der Waals surface area contributed by atoms with E-state index in [1.54, 1.807) is 0 Å². The molecule has 80 valence electrons. The van der Waals surface area contributed by atoms with Crippen LogP contribution in [0.1, 0.15) is 20.8 Å². The van der Waals surface area contributed by atoms with Gasteiger partial charge in [0.1, 0.15) is 0 Å². The van der Waals surface area contributed by atoms with E-state index in [4.69, 9.17) is 4.12 Å². The summed E-state index contributed by atoms with van der Waals surface area (Å²) in [6.07, 6.45) is 0. The Hall–Kier alpha value is 0.354. The molecular formula is C9H25NOSi2. The molecule has 0 amide bonds. The molecule has 0 spiro atoms. The largest absolute Gasteiger partial charge is 0.446 e. The van der Waals surface area contributed by atoms with Crippen molar-refractivity contribution in [1.29, 1.82) is 0 Å². The van der Waals surface area contributed by atoms with Crippen molar-refractivity contribution in [2.24, 2.45) is 0 Å². The minimum absolute atomic E-state index is 1.06. The molecule has 0 aromatic rings. The quantitative estimate of drug-likeness (QED) is 0.636. The molecule has 4 heteroatoms. The minimum Gasteiger partial charge on any atom is -0.446 e. The minimum atomic E-state index is -1.32. The maximum atomic E-state index is 6.35. The Bertz CT molecular complexity index is 129. The van der Waals surface area contributed by atoms with Gasteiger partial charge in [-0.3, -0.25) is 0 Å². The van der Waals surface area contributed by atoms with Gasteiger partial charge in [-0.1, -0.05) is 20.8 Å². The average molecular weight is 219 g/mol. The first kappa shape index (κ1) is 13.4. The van der Waals surface area contributed by atoms with Crippen LogP contribution in [0.3, 0.4) is 0 Å². The Labute approximate surface area is 86.2 Å². The fourth-order valence-electron chi connectivity index (χ4n) is 1.47. The summed E-state index contributed by atoms with van der Waals surface area (Å²) < 4.78 is 8.63. The summed E-state index contributed by atoms with van der Waals surface area (Å²) in [5.41, 5.74) is 0. The topological polar surface area (TPSA) is 12.5 Å². The third-order valence-corrected chi connectivity index (χ3v) is 11.8. The summed E-state index contributed by atoms with van der Waals surface area (Å²) in [5.74, 6) is 0. The fourth-order valence-corrected chi connectivity index (χ4v) is 8.70. The molecule has 13 heavy (non-hydrogen) atoms. The van der Waals surface area contributed by atoms with E-state index in [-0.39, 0.29) is 0 Å². The molecule has 0 N–H and O–H groups in total. The van der Waals surface area contributed by atoms with Crippen molar-refractivity contribution in [2.45, 2.75) is 45.5 Å². The van der Waals surface area contributed by atoms with Crippen molar-refractivity contribution >= 4 is 17.5 Å². The van der Waals surface area contributed by atoms with Crippen LogP contribution in [0.5, 0.6) is 0 Å². The van der Waals surface area contributed by atoms with Gasteiger partial charge in [0, 0.05) is 0 Å². The number of rotatable bonds is 6. The van der Waals surface area contributed by atoms with Gasteiger partial charge in [0.05, 0.1) is 0 Å². The smallest absolute Gasteiger partial charge is 0.240 e. The van der Waals surface area contributed by atoms with Gasteiger partial charge >= 0.3 is 0 Å². The van der Waals surface area contributed by atoms with Crippen LogP contribution in [0, 0.1) is 0 Å². The van der Waals surface area contributed by atoms with E-state index in [0.29, 0.717) is 0 Å². The van der Waals surface area contributed by atoms with Crippen LogP contribution in [0.15, 0.2) is 0 Å². The lowest BCUT2D eigenvalue weighted by molar-refractivity contribution is 0.459. The second-order valence-corrected chi connectivity index (χ2v) is 11.6.